The average molecular weight is 428 g/mol. The Labute approximate surface area is 178 Å². The summed E-state index contributed by atoms with van der Waals surface area (Å²) in [6.07, 6.45) is 1.68. The Hall–Kier alpha value is -3.07. The van der Waals surface area contributed by atoms with Crippen LogP contribution in [0.5, 0.6) is 5.75 Å². The molecule has 156 valence electrons. The number of nitrogens with one attached hydrogen (secondary N) is 2. The van der Waals surface area contributed by atoms with Gasteiger partial charge in [-0.3, -0.25) is 4.79 Å². The van der Waals surface area contributed by atoms with Gasteiger partial charge in [0.15, 0.2) is 5.82 Å². The lowest BCUT2D eigenvalue weighted by atomic mass is 10.0. The van der Waals surface area contributed by atoms with E-state index in [1.54, 1.807) is 31.4 Å². The SMILES string of the molecule is CCCc1nnc2n1N[C@H](c1ccc(F)cc1)[C@H](C(=O)Nc1cccc(OC)c1)S2. The number of hydrogen-bond donors (Lipinski definition) is 2. The molecule has 0 saturated carbocycles. The van der Waals surface area contributed by atoms with Crippen molar-refractivity contribution in [3.63, 3.8) is 0 Å². The van der Waals surface area contributed by atoms with Gasteiger partial charge >= 0.3 is 0 Å². The fourth-order valence-corrected chi connectivity index (χ4v) is 4.42. The summed E-state index contributed by atoms with van der Waals surface area (Å²) >= 11 is 1.34. The highest BCUT2D eigenvalue weighted by Gasteiger charge is 2.37. The van der Waals surface area contributed by atoms with Crippen LogP contribution in [0.25, 0.3) is 0 Å². The molecule has 0 aliphatic carbocycles. The molecular formula is C21H22FN5O2S. The van der Waals surface area contributed by atoms with Gasteiger partial charge in [-0.1, -0.05) is 36.9 Å². The molecule has 0 bridgehead atoms. The number of carbonyl (C=O) groups is 1. The summed E-state index contributed by atoms with van der Waals surface area (Å²) < 4.78 is 20.5. The summed E-state index contributed by atoms with van der Waals surface area (Å²) in [5.41, 5.74) is 4.81. The molecule has 3 aromatic rings. The lowest BCUT2D eigenvalue weighted by Gasteiger charge is -2.33. The number of hydrogen-bond acceptors (Lipinski definition) is 6. The molecule has 30 heavy (non-hydrogen) atoms. The summed E-state index contributed by atoms with van der Waals surface area (Å²) in [4.78, 5) is 13.2. The summed E-state index contributed by atoms with van der Waals surface area (Å²) in [5.74, 6) is 0.942. The average Bonchev–Trinajstić information content (AvgIpc) is 3.15. The number of halogens is 1. The summed E-state index contributed by atoms with van der Waals surface area (Å²) in [5, 5.41) is 11.5. The fraction of sp³-hybridized carbons (Fsp3) is 0.286. The lowest BCUT2D eigenvalue weighted by molar-refractivity contribution is -0.116. The first kappa shape index (κ1) is 20.2. The van der Waals surface area contributed by atoms with Gasteiger partial charge in [0.05, 0.1) is 13.2 Å². The van der Waals surface area contributed by atoms with E-state index in [1.807, 2.05) is 16.8 Å². The lowest BCUT2D eigenvalue weighted by Crippen LogP contribution is -2.41. The number of amides is 1. The molecule has 1 aliphatic heterocycles. The molecule has 2 aromatic carbocycles. The quantitative estimate of drug-likeness (QED) is 0.623. The molecule has 0 spiro atoms. The first-order valence-corrected chi connectivity index (χ1v) is 10.5. The van der Waals surface area contributed by atoms with Crippen LogP contribution in [0.15, 0.2) is 53.7 Å². The van der Waals surface area contributed by atoms with E-state index in [4.69, 9.17) is 4.74 Å². The molecule has 2 heterocycles. The van der Waals surface area contributed by atoms with E-state index in [-0.39, 0.29) is 17.8 Å². The van der Waals surface area contributed by atoms with Crippen molar-refractivity contribution >= 4 is 23.4 Å². The van der Waals surface area contributed by atoms with Crippen molar-refractivity contribution in [3.05, 3.63) is 65.7 Å². The van der Waals surface area contributed by atoms with Crippen LogP contribution in [0.2, 0.25) is 0 Å². The molecule has 2 N–H and O–H groups in total. The molecule has 9 heteroatoms. The largest absolute Gasteiger partial charge is 0.497 e. The van der Waals surface area contributed by atoms with Gasteiger partial charge in [-0.2, -0.15) is 0 Å². The highest BCUT2D eigenvalue weighted by molar-refractivity contribution is 8.00. The number of carbonyl (C=O) groups excluding carboxylic acids is 1. The number of anilines is 1. The van der Waals surface area contributed by atoms with Gasteiger partial charge in [-0.05, 0) is 36.2 Å². The van der Waals surface area contributed by atoms with E-state index < -0.39 is 5.25 Å². The summed E-state index contributed by atoms with van der Waals surface area (Å²) in [6, 6.07) is 13.0. The van der Waals surface area contributed by atoms with E-state index >= 15 is 0 Å². The number of nitrogens with zero attached hydrogens (tertiary/aromatic N) is 3. The van der Waals surface area contributed by atoms with Crippen molar-refractivity contribution in [1.29, 1.82) is 0 Å². The minimum atomic E-state index is -0.534. The van der Waals surface area contributed by atoms with Crippen LogP contribution in [-0.2, 0) is 11.2 Å². The highest BCUT2D eigenvalue weighted by Crippen LogP contribution is 2.37. The third-order valence-electron chi connectivity index (χ3n) is 4.80. The molecule has 1 aromatic heterocycles. The fourth-order valence-electron chi connectivity index (χ4n) is 3.32. The Morgan fingerprint density at radius 3 is 2.80 bits per heavy atom. The van der Waals surface area contributed by atoms with Crippen LogP contribution in [0.4, 0.5) is 10.1 Å². The smallest absolute Gasteiger partial charge is 0.240 e. The maximum Gasteiger partial charge on any atom is 0.240 e. The second-order valence-corrected chi connectivity index (χ2v) is 8.01. The van der Waals surface area contributed by atoms with Crippen molar-refractivity contribution in [2.24, 2.45) is 0 Å². The minimum absolute atomic E-state index is 0.193. The molecule has 0 saturated heterocycles. The first-order valence-electron chi connectivity index (χ1n) is 9.67. The van der Waals surface area contributed by atoms with Gasteiger partial charge in [0, 0.05) is 18.2 Å². The number of methoxy groups -OCH3 is 1. The predicted octanol–water partition coefficient (Wildman–Crippen LogP) is 3.78. The Morgan fingerprint density at radius 2 is 2.07 bits per heavy atom. The second kappa shape index (κ2) is 8.74. The molecule has 0 fully saturated rings. The number of fused-ring (bicyclic) bond motifs is 1. The molecular weight excluding hydrogens is 405 g/mol. The van der Waals surface area contributed by atoms with Crippen LogP contribution < -0.4 is 15.5 Å². The molecule has 4 rings (SSSR count). The van der Waals surface area contributed by atoms with E-state index in [1.165, 1.54) is 23.9 Å². The zero-order valence-electron chi connectivity index (χ0n) is 16.6. The monoisotopic (exact) mass is 427 g/mol. The van der Waals surface area contributed by atoms with E-state index in [9.17, 15) is 9.18 Å². The number of rotatable bonds is 6. The van der Waals surface area contributed by atoms with Crippen LogP contribution in [0.1, 0.15) is 30.8 Å². The van der Waals surface area contributed by atoms with Crippen LogP contribution in [-0.4, -0.2) is 33.1 Å². The predicted molar refractivity (Wildman–Crippen MR) is 114 cm³/mol. The van der Waals surface area contributed by atoms with Crippen LogP contribution in [0, 0.1) is 5.82 Å². The Bertz CT molecular complexity index is 1040. The second-order valence-electron chi connectivity index (χ2n) is 6.90. The summed E-state index contributed by atoms with van der Waals surface area (Å²) in [7, 11) is 1.58. The normalized spacial score (nSPS) is 17.7. The third kappa shape index (κ3) is 4.11. The number of aryl methyl sites for hydroxylation is 1. The first-order chi connectivity index (χ1) is 14.6. The Morgan fingerprint density at radius 1 is 1.27 bits per heavy atom. The molecule has 7 nitrogen and oxygen atoms in total. The van der Waals surface area contributed by atoms with Gasteiger partial charge < -0.3 is 15.5 Å². The van der Waals surface area contributed by atoms with E-state index in [0.717, 1.165) is 24.2 Å². The third-order valence-corrected chi connectivity index (χ3v) is 6.02. The molecule has 1 amide bonds. The Kier molecular flexibility index (Phi) is 5.89. The standard InChI is InChI=1S/C21H22FN5O2S/c1-3-5-17-24-25-21-27(17)26-18(13-8-10-14(22)11-9-13)19(30-21)20(28)23-15-6-4-7-16(12-15)29-2/h4,6-12,18-19,26H,3,5H2,1-2H3,(H,23,28)/t18-,19-/m1/s1. The maximum absolute atomic E-state index is 13.5. The van der Waals surface area contributed by atoms with Gasteiger partial charge in [0.1, 0.15) is 16.8 Å². The van der Waals surface area contributed by atoms with Gasteiger partial charge in [0.2, 0.25) is 11.1 Å². The molecule has 0 radical (unpaired) electrons. The summed E-state index contributed by atoms with van der Waals surface area (Å²) in [6.45, 7) is 2.07. The van der Waals surface area contributed by atoms with Crippen molar-refractivity contribution in [3.8, 4) is 5.75 Å². The molecule has 1 aliphatic rings. The number of benzene rings is 2. The van der Waals surface area contributed by atoms with Crippen LogP contribution in [0.3, 0.4) is 0 Å². The number of aromatic nitrogens is 3. The number of thioether (sulfide) groups is 1. The van der Waals surface area contributed by atoms with Crippen LogP contribution >= 0.6 is 11.8 Å². The maximum atomic E-state index is 13.5. The van der Waals surface area contributed by atoms with Crippen molar-refractivity contribution < 1.29 is 13.9 Å². The molecule has 2 atom stereocenters. The Balaban J connectivity index is 1.65. The zero-order chi connectivity index (χ0) is 21.1. The highest BCUT2D eigenvalue weighted by atomic mass is 32.2. The van der Waals surface area contributed by atoms with E-state index in [2.05, 4.69) is 27.9 Å². The zero-order valence-corrected chi connectivity index (χ0v) is 17.4. The topological polar surface area (TPSA) is 81.1 Å². The molecule has 0 unspecified atom stereocenters. The van der Waals surface area contributed by atoms with Gasteiger partial charge in [-0.25, -0.2) is 9.07 Å². The minimum Gasteiger partial charge on any atom is -0.497 e. The van der Waals surface area contributed by atoms with Crippen molar-refractivity contribution in [2.45, 2.75) is 36.2 Å². The number of ether oxygens (including phenoxy) is 1. The van der Waals surface area contributed by atoms with Crippen molar-refractivity contribution in [2.75, 3.05) is 17.9 Å². The van der Waals surface area contributed by atoms with Gasteiger partial charge in [-0.15, -0.1) is 10.2 Å². The van der Waals surface area contributed by atoms with Crippen molar-refractivity contribution in [1.82, 2.24) is 14.9 Å². The van der Waals surface area contributed by atoms with Gasteiger partial charge in [0.25, 0.3) is 0 Å². The van der Waals surface area contributed by atoms with E-state index in [0.29, 0.717) is 16.6 Å².